The lowest BCUT2D eigenvalue weighted by Gasteiger charge is -2.28. The number of anilines is 3. The van der Waals surface area contributed by atoms with Crippen LogP contribution in [0.4, 0.5) is 17.3 Å². The SMILES string of the molecule is COc1cc(Nc2ncc3c(n2)-c2ccccc2N(C)S3(=O)=O)cc(OC)c1OC. The highest BCUT2D eigenvalue weighted by atomic mass is 32.2. The molecule has 0 aliphatic carbocycles. The van der Waals surface area contributed by atoms with E-state index in [2.05, 4.69) is 15.3 Å². The van der Waals surface area contributed by atoms with Crippen molar-refractivity contribution in [1.82, 2.24) is 9.97 Å². The predicted octanol–water partition coefficient (Wildman–Crippen LogP) is 3.05. The van der Waals surface area contributed by atoms with Crippen molar-refractivity contribution in [1.29, 1.82) is 0 Å². The molecule has 9 nitrogen and oxygen atoms in total. The summed E-state index contributed by atoms with van der Waals surface area (Å²) in [5, 5.41) is 3.08. The molecule has 0 saturated carbocycles. The Labute approximate surface area is 174 Å². The fourth-order valence-electron chi connectivity index (χ4n) is 3.32. The molecule has 0 bridgehead atoms. The summed E-state index contributed by atoms with van der Waals surface area (Å²) in [5.74, 6) is 1.62. The number of benzene rings is 2. The second-order valence-electron chi connectivity index (χ2n) is 6.44. The molecular weight excluding hydrogens is 408 g/mol. The first-order valence-corrected chi connectivity index (χ1v) is 10.4. The van der Waals surface area contributed by atoms with E-state index in [4.69, 9.17) is 14.2 Å². The van der Waals surface area contributed by atoms with Crippen LogP contribution in [-0.4, -0.2) is 46.8 Å². The Bertz CT molecular complexity index is 1200. The summed E-state index contributed by atoms with van der Waals surface area (Å²) in [6.07, 6.45) is 1.31. The van der Waals surface area contributed by atoms with Gasteiger partial charge in [-0.25, -0.2) is 18.4 Å². The number of ether oxygens (including phenoxy) is 3. The van der Waals surface area contributed by atoms with Gasteiger partial charge in [0.05, 0.1) is 38.9 Å². The van der Waals surface area contributed by atoms with Crippen molar-refractivity contribution in [2.45, 2.75) is 4.90 Å². The maximum absolute atomic E-state index is 12.9. The van der Waals surface area contributed by atoms with E-state index in [1.165, 1.54) is 38.9 Å². The Hall–Kier alpha value is -3.53. The van der Waals surface area contributed by atoms with E-state index in [1.54, 1.807) is 24.3 Å². The van der Waals surface area contributed by atoms with E-state index in [0.29, 0.717) is 39.9 Å². The van der Waals surface area contributed by atoms with Crippen molar-refractivity contribution in [2.24, 2.45) is 0 Å². The number of rotatable bonds is 5. The molecule has 1 N–H and O–H groups in total. The van der Waals surface area contributed by atoms with Crippen LogP contribution in [-0.2, 0) is 10.0 Å². The van der Waals surface area contributed by atoms with Crippen LogP contribution in [0.15, 0.2) is 47.5 Å². The highest BCUT2D eigenvalue weighted by molar-refractivity contribution is 7.93. The standard InChI is InChI=1S/C20H20N4O5S/c1-24-14-8-6-5-7-13(14)18-17(30(24,25)26)11-21-20(23-18)22-12-9-15(27-2)19(29-4)16(10-12)28-3/h5-11H,1-4H3,(H,21,22,23). The zero-order chi connectivity index (χ0) is 21.5. The summed E-state index contributed by atoms with van der Waals surface area (Å²) in [6.45, 7) is 0. The molecule has 0 atom stereocenters. The fourth-order valence-corrected chi connectivity index (χ4v) is 4.62. The molecule has 0 fully saturated rings. The number of nitrogens with one attached hydrogen (secondary N) is 1. The first-order chi connectivity index (χ1) is 14.4. The molecule has 0 radical (unpaired) electrons. The quantitative estimate of drug-likeness (QED) is 0.661. The molecular formula is C20H20N4O5S. The van der Waals surface area contributed by atoms with Gasteiger partial charge in [-0.05, 0) is 6.07 Å². The summed E-state index contributed by atoms with van der Waals surface area (Å²) in [4.78, 5) is 8.75. The van der Waals surface area contributed by atoms with Crippen molar-refractivity contribution in [3.05, 3.63) is 42.6 Å². The Morgan fingerprint density at radius 1 is 1.00 bits per heavy atom. The smallest absolute Gasteiger partial charge is 0.267 e. The summed E-state index contributed by atoms with van der Waals surface area (Å²) < 4.78 is 43.0. The van der Waals surface area contributed by atoms with Crippen LogP contribution in [0.3, 0.4) is 0 Å². The summed E-state index contributed by atoms with van der Waals surface area (Å²) in [5.41, 5.74) is 2.20. The van der Waals surface area contributed by atoms with Crippen LogP contribution >= 0.6 is 0 Å². The maximum atomic E-state index is 12.9. The normalized spacial score (nSPS) is 13.8. The zero-order valence-electron chi connectivity index (χ0n) is 16.8. The van der Waals surface area contributed by atoms with E-state index in [9.17, 15) is 8.42 Å². The largest absolute Gasteiger partial charge is 0.493 e. The molecule has 1 aliphatic heterocycles. The predicted molar refractivity (Wildman–Crippen MR) is 112 cm³/mol. The van der Waals surface area contributed by atoms with Gasteiger partial charge in [-0.2, -0.15) is 0 Å². The van der Waals surface area contributed by atoms with Crippen LogP contribution in [0.5, 0.6) is 17.2 Å². The second-order valence-corrected chi connectivity index (χ2v) is 8.37. The second kappa shape index (κ2) is 7.38. The molecule has 2 heterocycles. The van der Waals surface area contributed by atoms with Crippen molar-refractivity contribution in [2.75, 3.05) is 38.0 Å². The molecule has 0 amide bonds. The number of methoxy groups -OCH3 is 3. The van der Waals surface area contributed by atoms with Crippen molar-refractivity contribution in [3.63, 3.8) is 0 Å². The van der Waals surface area contributed by atoms with Gasteiger partial charge in [-0.1, -0.05) is 18.2 Å². The highest BCUT2D eigenvalue weighted by Gasteiger charge is 2.34. The molecule has 1 aromatic heterocycles. The van der Waals surface area contributed by atoms with Gasteiger partial charge in [0.15, 0.2) is 11.5 Å². The molecule has 2 aromatic carbocycles. The van der Waals surface area contributed by atoms with Crippen molar-refractivity contribution < 1.29 is 22.6 Å². The molecule has 156 valence electrons. The Kier molecular flexibility index (Phi) is 4.86. The fraction of sp³-hybridized carbons (Fsp3) is 0.200. The summed E-state index contributed by atoms with van der Waals surface area (Å²) in [6, 6.07) is 10.6. The van der Waals surface area contributed by atoms with Crippen LogP contribution < -0.4 is 23.8 Å². The van der Waals surface area contributed by atoms with Crippen molar-refractivity contribution >= 4 is 27.3 Å². The van der Waals surface area contributed by atoms with Crippen LogP contribution in [0.1, 0.15) is 0 Å². The number of hydrogen-bond donors (Lipinski definition) is 1. The third kappa shape index (κ3) is 3.05. The average molecular weight is 428 g/mol. The van der Waals surface area contributed by atoms with Crippen LogP contribution in [0.2, 0.25) is 0 Å². The number of para-hydroxylation sites is 1. The lowest BCUT2D eigenvalue weighted by Crippen LogP contribution is -2.31. The molecule has 0 saturated heterocycles. The molecule has 1 aliphatic rings. The van der Waals surface area contributed by atoms with Gasteiger partial charge in [0.2, 0.25) is 11.7 Å². The van der Waals surface area contributed by atoms with E-state index in [-0.39, 0.29) is 10.8 Å². The topological polar surface area (TPSA) is 103 Å². The average Bonchev–Trinajstić information content (AvgIpc) is 2.76. The van der Waals surface area contributed by atoms with Gasteiger partial charge in [-0.3, -0.25) is 4.31 Å². The maximum Gasteiger partial charge on any atom is 0.267 e. The Morgan fingerprint density at radius 3 is 2.30 bits per heavy atom. The van der Waals surface area contributed by atoms with Gasteiger partial charge in [0.1, 0.15) is 4.90 Å². The highest BCUT2D eigenvalue weighted by Crippen LogP contribution is 2.42. The Morgan fingerprint density at radius 2 is 1.67 bits per heavy atom. The minimum absolute atomic E-state index is 0.0548. The molecule has 0 unspecified atom stereocenters. The van der Waals surface area contributed by atoms with Gasteiger partial charge in [0, 0.05) is 30.4 Å². The first kappa shape index (κ1) is 19.8. The van der Waals surface area contributed by atoms with Crippen LogP contribution in [0, 0.1) is 0 Å². The number of aromatic nitrogens is 2. The lowest BCUT2D eigenvalue weighted by molar-refractivity contribution is 0.324. The van der Waals surface area contributed by atoms with E-state index in [0.717, 1.165) is 0 Å². The minimum Gasteiger partial charge on any atom is -0.493 e. The third-order valence-corrected chi connectivity index (χ3v) is 6.59. The lowest BCUT2D eigenvalue weighted by atomic mass is 10.1. The molecule has 0 spiro atoms. The van der Waals surface area contributed by atoms with E-state index < -0.39 is 10.0 Å². The minimum atomic E-state index is -3.73. The Balaban J connectivity index is 1.80. The number of sulfonamides is 1. The molecule has 30 heavy (non-hydrogen) atoms. The van der Waals surface area contributed by atoms with E-state index in [1.807, 2.05) is 12.1 Å². The summed E-state index contributed by atoms with van der Waals surface area (Å²) >= 11 is 0. The van der Waals surface area contributed by atoms with Crippen molar-refractivity contribution in [3.8, 4) is 28.5 Å². The van der Waals surface area contributed by atoms with Gasteiger partial charge in [-0.15, -0.1) is 0 Å². The van der Waals surface area contributed by atoms with E-state index >= 15 is 0 Å². The number of nitrogens with zero attached hydrogens (tertiary/aromatic N) is 3. The van der Waals surface area contributed by atoms with Gasteiger partial charge >= 0.3 is 0 Å². The van der Waals surface area contributed by atoms with Gasteiger partial charge < -0.3 is 19.5 Å². The number of hydrogen-bond acceptors (Lipinski definition) is 8. The van der Waals surface area contributed by atoms with Crippen LogP contribution in [0.25, 0.3) is 11.3 Å². The monoisotopic (exact) mass is 428 g/mol. The first-order valence-electron chi connectivity index (χ1n) is 8.93. The zero-order valence-corrected chi connectivity index (χ0v) is 17.6. The number of fused-ring (bicyclic) bond motifs is 3. The van der Waals surface area contributed by atoms with Gasteiger partial charge in [0.25, 0.3) is 10.0 Å². The third-order valence-electron chi connectivity index (χ3n) is 4.81. The molecule has 3 aromatic rings. The molecule has 4 rings (SSSR count). The molecule has 10 heteroatoms. The summed E-state index contributed by atoms with van der Waals surface area (Å²) in [7, 11) is 2.35.